The van der Waals surface area contributed by atoms with Crippen LogP contribution in [0.15, 0.2) is 47.4 Å². The number of benzene rings is 2. The number of nitrogens with one attached hydrogen (secondary N) is 2. The van der Waals surface area contributed by atoms with Gasteiger partial charge in [-0.25, -0.2) is 0 Å². The predicted octanol–water partition coefficient (Wildman–Crippen LogP) is 5.13. The lowest BCUT2D eigenvalue weighted by atomic mass is 10.2. The van der Waals surface area contributed by atoms with E-state index in [0.717, 1.165) is 28.8 Å². The Kier molecular flexibility index (Phi) is 6.01. The second kappa shape index (κ2) is 7.81. The monoisotopic (exact) mass is 374 g/mol. The molecule has 8 heteroatoms. The summed E-state index contributed by atoms with van der Waals surface area (Å²) in [4.78, 5) is 12.9. The predicted molar refractivity (Wildman–Crippen MR) is 91.8 cm³/mol. The van der Waals surface area contributed by atoms with Gasteiger partial charge in [0.25, 0.3) is 0 Å². The Balaban J connectivity index is 2.05. The van der Waals surface area contributed by atoms with Gasteiger partial charge in [-0.05, 0) is 36.6 Å². The normalized spacial score (nSPS) is 11.2. The number of anilines is 2. The first-order valence-electron chi connectivity index (χ1n) is 6.84. The van der Waals surface area contributed by atoms with Gasteiger partial charge in [0.15, 0.2) is 0 Å². The second-order valence-electron chi connectivity index (χ2n) is 4.79. The number of carbonyl (C=O) groups excluding carboxylic acids is 1. The minimum atomic E-state index is -4.50. The summed E-state index contributed by atoms with van der Waals surface area (Å²) in [6, 6.07) is 10.2. The summed E-state index contributed by atoms with van der Waals surface area (Å²) in [7, 11) is 0. The van der Waals surface area contributed by atoms with Crippen LogP contribution in [0.4, 0.5) is 24.5 Å². The third kappa shape index (κ3) is 4.82. The highest BCUT2D eigenvalue weighted by Gasteiger charge is 2.31. The van der Waals surface area contributed by atoms with E-state index in [4.69, 9.17) is 11.6 Å². The molecule has 1 amide bonds. The van der Waals surface area contributed by atoms with Gasteiger partial charge in [-0.1, -0.05) is 23.7 Å². The summed E-state index contributed by atoms with van der Waals surface area (Å²) in [5.74, 6) is -0.493. The van der Waals surface area contributed by atoms with Crippen LogP contribution >= 0.6 is 23.4 Å². The second-order valence-corrected chi connectivity index (χ2v) is 6.05. The fourth-order valence-electron chi connectivity index (χ4n) is 1.96. The number of thioether (sulfide) groups is 1. The fraction of sp³-hybridized carbons (Fsp3) is 0.188. The van der Waals surface area contributed by atoms with E-state index in [-0.39, 0.29) is 17.3 Å². The summed E-state index contributed by atoms with van der Waals surface area (Å²) in [5, 5.41) is 5.38. The first-order chi connectivity index (χ1) is 11.3. The molecule has 2 N–H and O–H groups in total. The molecule has 0 bridgehead atoms. The Morgan fingerprint density at radius 1 is 1.17 bits per heavy atom. The highest BCUT2D eigenvalue weighted by atomic mass is 35.5. The molecule has 0 radical (unpaired) electrons. The van der Waals surface area contributed by atoms with Crippen molar-refractivity contribution in [1.82, 2.24) is 0 Å². The van der Waals surface area contributed by atoms with Crippen LogP contribution in [0.1, 0.15) is 5.56 Å². The maximum Gasteiger partial charge on any atom is 0.416 e. The Labute approximate surface area is 146 Å². The molecule has 0 heterocycles. The number of hydrogen-bond donors (Lipinski definition) is 2. The summed E-state index contributed by atoms with van der Waals surface area (Å²) < 4.78 is 38.2. The molecule has 0 saturated carbocycles. The van der Waals surface area contributed by atoms with Crippen LogP contribution in [0.25, 0.3) is 0 Å². The van der Waals surface area contributed by atoms with E-state index in [0.29, 0.717) is 0 Å². The van der Waals surface area contributed by atoms with E-state index < -0.39 is 17.6 Å². The number of para-hydroxylation sites is 1. The minimum absolute atomic E-state index is 0.0425. The standard InChI is InChI=1S/C16H14ClF3N2OS/c1-24-14-5-3-2-4-12(14)21-9-15(23)22-13-8-10(16(18,19)20)6-7-11(13)17/h2-8,21H,9H2,1H3,(H,22,23). The van der Waals surface area contributed by atoms with Gasteiger partial charge >= 0.3 is 6.18 Å². The van der Waals surface area contributed by atoms with E-state index in [1.807, 2.05) is 30.5 Å². The topological polar surface area (TPSA) is 41.1 Å². The van der Waals surface area contributed by atoms with E-state index in [2.05, 4.69) is 10.6 Å². The first-order valence-corrected chi connectivity index (χ1v) is 8.45. The molecule has 0 aromatic heterocycles. The summed E-state index contributed by atoms with van der Waals surface area (Å²) in [5.41, 5.74) is -0.172. The molecule has 0 unspecified atom stereocenters. The van der Waals surface area contributed by atoms with Crippen molar-refractivity contribution in [2.45, 2.75) is 11.1 Å². The number of alkyl halides is 3. The van der Waals surface area contributed by atoms with Crippen molar-refractivity contribution in [2.24, 2.45) is 0 Å². The Bertz CT molecular complexity index is 738. The van der Waals surface area contributed by atoms with Gasteiger partial charge in [-0.2, -0.15) is 13.2 Å². The third-order valence-electron chi connectivity index (χ3n) is 3.11. The molecule has 128 valence electrons. The maximum absolute atomic E-state index is 12.7. The van der Waals surface area contributed by atoms with Crippen LogP contribution in [0, 0.1) is 0 Å². The number of hydrogen-bond acceptors (Lipinski definition) is 3. The van der Waals surface area contributed by atoms with Crippen LogP contribution in [-0.4, -0.2) is 18.7 Å². The number of rotatable bonds is 5. The zero-order valence-corrected chi connectivity index (χ0v) is 14.1. The van der Waals surface area contributed by atoms with Gasteiger partial charge in [0.2, 0.25) is 5.91 Å². The summed E-state index contributed by atoms with van der Waals surface area (Å²) >= 11 is 7.37. The highest BCUT2D eigenvalue weighted by molar-refractivity contribution is 7.98. The average molecular weight is 375 g/mol. The summed E-state index contributed by atoms with van der Waals surface area (Å²) in [6.07, 6.45) is -2.59. The zero-order valence-electron chi connectivity index (χ0n) is 12.6. The molecule has 2 rings (SSSR count). The van der Waals surface area contributed by atoms with Gasteiger partial charge in [0.1, 0.15) is 0 Å². The minimum Gasteiger partial charge on any atom is -0.375 e. The number of halogens is 4. The first kappa shape index (κ1) is 18.5. The summed E-state index contributed by atoms with van der Waals surface area (Å²) in [6.45, 7) is -0.0931. The van der Waals surface area contributed by atoms with Crippen LogP contribution in [0.3, 0.4) is 0 Å². The Morgan fingerprint density at radius 3 is 2.54 bits per heavy atom. The lowest BCUT2D eigenvalue weighted by Gasteiger charge is -2.13. The van der Waals surface area contributed by atoms with Crippen molar-refractivity contribution >= 4 is 40.6 Å². The van der Waals surface area contributed by atoms with Crippen LogP contribution < -0.4 is 10.6 Å². The highest BCUT2D eigenvalue weighted by Crippen LogP contribution is 2.33. The van der Waals surface area contributed by atoms with Crippen molar-refractivity contribution in [3.63, 3.8) is 0 Å². The van der Waals surface area contributed by atoms with Crippen molar-refractivity contribution in [1.29, 1.82) is 0 Å². The smallest absolute Gasteiger partial charge is 0.375 e. The van der Waals surface area contributed by atoms with Crippen molar-refractivity contribution in [3.05, 3.63) is 53.1 Å². The van der Waals surface area contributed by atoms with E-state index >= 15 is 0 Å². The van der Waals surface area contributed by atoms with Crippen LogP contribution in [0.2, 0.25) is 5.02 Å². The van der Waals surface area contributed by atoms with Crippen molar-refractivity contribution in [3.8, 4) is 0 Å². The molecule has 0 aliphatic carbocycles. The third-order valence-corrected chi connectivity index (χ3v) is 4.24. The van der Waals surface area contributed by atoms with Crippen molar-refractivity contribution in [2.75, 3.05) is 23.4 Å². The molecule has 0 aliphatic heterocycles. The van der Waals surface area contributed by atoms with E-state index in [1.54, 1.807) is 0 Å². The van der Waals surface area contributed by atoms with Crippen LogP contribution in [-0.2, 0) is 11.0 Å². The molecule has 0 atom stereocenters. The molecule has 0 saturated heterocycles. The quantitative estimate of drug-likeness (QED) is 0.713. The Morgan fingerprint density at radius 2 is 1.88 bits per heavy atom. The molecule has 0 spiro atoms. The average Bonchev–Trinajstić information content (AvgIpc) is 2.54. The van der Waals surface area contributed by atoms with Crippen LogP contribution in [0.5, 0.6) is 0 Å². The zero-order chi connectivity index (χ0) is 17.7. The molecule has 2 aromatic carbocycles. The maximum atomic E-state index is 12.7. The largest absolute Gasteiger partial charge is 0.416 e. The molecule has 24 heavy (non-hydrogen) atoms. The lowest BCUT2D eigenvalue weighted by molar-refractivity contribution is -0.137. The molecular formula is C16H14ClF3N2OS. The lowest BCUT2D eigenvalue weighted by Crippen LogP contribution is -2.22. The van der Waals surface area contributed by atoms with Gasteiger partial charge in [0, 0.05) is 10.6 Å². The van der Waals surface area contributed by atoms with Gasteiger partial charge in [-0.15, -0.1) is 11.8 Å². The van der Waals surface area contributed by atoms with E-state index in [9.17, 15) is 18.0 Å². The number of amides is 1. The molecule has 0 fully saturated rings. The SMILES string of the molecule is CSc1ccccc1NCC(=O)Nc1cc(C(F)(F)F)ccc1Cl. The van der Waals surface area contributed by atoms with Gasteiger partial charge in [-0.3, -0.25) is 4.79 Å². The molecule has 2 aromatic rings. The molecular weight excluding hydrogens is 361 g/mol. The van der Waals surface area contributed by atoms with E-state index in [1.165, 1.54) is 11.8 Å². The van der Waals surface area contributed by atoms with Gasteiger partial charge in [0.05, 0.1) is 22.8 Å². The van der Waals surface area contributed by atoms with Gasteiger partial charge < -0.3 is 10.6 Å². The Hall–Kier alpha value is -1.86. The molecule has 3 nitrogen and oxygen atoms in total. The molecule has 0 aliphatic rings. The fourth-order valence-corrected chi connectivity index (χ4v) is 2.70. The number of carbonyl (C=O) groups is 1. The van der Waals surface area contributed by atoms with Crippen molar-refractivity contribution < 1.29 is 18.0 Å².